The standard InChI is InChI=1S/C21H18N8OS/c1-13-11-14(2)28-20(24-13)26-21(27-28)31-12-15-5-3-4-6-16(15)19(30)25-18-7-9-22-17-8-10-23-29(17)18/h3-11H,12H2,1-2H3,(H,25,30). The molecule has 4 aromatic heterocycles. The van der Waals surface area contributed by atoms with Crippen LogP contribution in [0.3, 0.4) is 0 Å². The predicted molar refractivity (Wildman–Crippen MR) is 117 cm³/mol. The first-order valence-corrected chi connectivity index (χ1v) is 10.6. The number of benzene rings is 1. The summed E-state index contributed by atoms with van der Waals surface area (Å²) in [5.74, 6) is 1.47. The van der Waals surface area contributed by atoms with Crippen molar-refractivity contribution < 1.29 is 4.79 Å². The van der Waals surface area contributed by atoms with Crippen molar-refractivity contribution in [1.82, 2.24) is 34.2 Å². The Kier molecular flexibility index (Phi) is 4.83. The molecule has 1 N–H and O–H groups in total. The molecule has 5 rings (SSSR count). The molecular weight excluding hydrogens is 412 g/mol. The molecule has 10 heteroatoms. The lowest BCUT2D eigenvalue weighted by molar-refractivity contribution is 0.102. The number of aromatic nitrogens is 7. The molecule has 0 spiro atoms. The third-order valence-electron chi connectivity index (χ3n) is 4.75. The zero-order valence-electron chi connectivity index (χ0n) is 16.9. The van der Waals surface area contributed by atoms with Gasteiger partial charge in [0.05, 0.1) is 6.20 Å². The van der Waals surface area contributed by atoms with Crippen LogP contribution in [-0.2, 0) is 5.75 Å². The van der Waals surface area contributed by atoms with Crippen LogP contribution in [0.4, 0.5) is 5.82 Å². The Balaban J connectivity index is 1.37. The van der Waals surface area contributed by atoms with E-state index >= 15 is 0 Å². The highest BCUT2D eigenvalue weighted by atomic mass is 32.2. The first kappa shape index (κ1) is 19.2. The summed E-state index contributed by atoms with van der Waals surface area (Å²) in [6, 6.07) is 13.0. The molecule has 0 atom stereocenters. The predicted octanol–water partition coefficient (Wildman–Crippen LogP) is 3.33. The lowest BCUT2D eigenvalue weighted by atomic mass is 10.1. The second-order valence-electron chi connectivity index (χ2n) is 6.98. The Bertz CT molecular complexity index is 1420. The highest BCUT2D eigenvalue weighted by molar-refractivity contribution is 7.98. The molecule has 5 aromatic rings. The first-order valence-electron chi connectivity index (χ1n) is 9.60. The van der Waals surface area contributed by atoms with E-state index < -0.39 is 0 Å². The Morgan fingerprint density at radius 1 is 1.06 bits per heavy atom. The molecule has 1 amide bonds. The average molecular weight is 430 g/mol. The molecule has 9 nitrogen and oxygen atoms in total. The Morgan fingerprint density at radius 3 is 2.84 bits per heavy atom. The summed E-state index contributed by atoms with van der Waals surface area (Å²) in [7, 11) is 0. The maximum absolute atomic E-state index is 13.0. The van der Waals surface area contributed by atoms with E-state index in [1.807, 2.05) is 38.1 Å². The van der Waals surface area contributed by atoms with Crippen molar-refractivity contribution in [3.63, 3.8) is 0 Å². The van der Waals surface area contributed by atoms with E-state index in [4.69, 9.17) is 0 Å². The first-order chi connectivity index (χ1) is 15.1. The number of rotatable bonds is 5. The van der Waals surface area contributed by atoms with E-state index in [-0.39, 0.29) is 5.91 Å². The van der Waals surface area contributed by atoms with Crippen LogP contribution < -0.4 is 5.32 Å². The maximum Gasteiger partial charge on any atom is 0.257 e. The maximum atomic E-state index is 13.0. The van der Waals surface area contributed by atoms with Gasteiger partial charge in [0.15, 0.2) is 5.65 Å². The second kappa shape index (κ2) is 7.80. The van der Waals surface area contributed by atoms with E-state index in [0.717, 1.165) is 17.0 Å². The number of carbonyl (C=O) groups excluding carboxylic acids is 1. The van der Waals surface area contributed by atoms with Gasteiger partial charge in [-0.05, 0) is 37.6 Å². The largest absolute Gasteiger partial charge is 0.306 e. The molecular formula is C21H18N8OS. The molecule has 0 aliphatic carbocycles. The number of nitrogens with one attached hydrogen (secondary N) is 1. The number of fused-ring (bicyclic) bond motifs is 2. The van der Waals surface area contributed by atoms with Gasteiger partial charge in [0, 0.05) is 35.0 Å². The Hall–Kier alpha value is -3.79. The van der Waals surface area contributed by atoms with Gasteiger partial charge < -0.3 is 5.32 Å². The van der Waals surface area contributed by atoms with Crippen LogP contribution >= 0.6 is 11.8 Å². The number of hydrogen-bond acceptors (Lipinski definition) is 7. The van der Waals surface area contributed by atoms with Crippen molar-refractivity contribution in [3.05, 3.63) is 77.4 Å². The van der Waals surface area contributed by atoms with Gasteiger partial charge >= 0.3 is 0 Å². The minimum atomic E-state index is -0.213. The third kappa shape index (κ3) is 3.73. The molecule has 0 radical (unpaired) electrons. The molecule has 31 heavy (non-hydrogen) atoms. The normalized spacial score (nSPS) is 11.3. The number of hydrogen-bond donors (Lipinski definition) is 1. The van der Waals surface area contributed by atoms with Gasteiger partial charge in [-0.3, -0.25) is 4.79 Å². The van der Waals surface area contributed by atoms with Crippen LogP contribution in [-0.4, -0.2) is 40.1 Å². The van der Waals surface area contributed by atoms with E-state index in [1.54, 1.807) is 39.6 Å². The average Bonchev–Trinajstić information content (AvgIpc) is 3.40. The zero-order chi connectivity index (χ0) is 21.4. The minimum Gasteiger partial charge on any atom is -0.306 e. The molecule has 1 aromatic carbocycles. The van der Waals surface area contributed by atoms with Crippen molar-refractivity contribution in [1.29, 1.82) is 0 Å². The number of anilines is 1. The smallest absolute Gasteiger partial charge is 0.257 e. The summed E-state index contributed by atoms with van der Waals surface area (Å²) in [5.41, 5.74) is 4.01. The van der Waals surface area contributed by atoms with Crippen molar-refractivity contribution in [2.45, 2.75) is 24.8 Å². The van der Waals surface area contributed by atoms with Crippen LogP contribution in [0, 0.1) is 13.8 Å². The van der Waals surface area contributed by atoms with Crippen molar-refractivity contribution in [2.24, 2.45) is 0 Å². The van der Waals surface area contributed by atoms with Crippen LogP contribution in [0.2, 0.25) is 0 Å². The van der Waals surface area contributed by atoms with Crippen molar-refractivity contribution >= 4 is 34.9 Å². The van der Waals surface area contributed by atoms with Gasteiger partial charge in [0.1, 0.15) is 5.82 Å². The van der Waals surface area contributed by atoms with E-state index in [9.17, 15) is 4.79 Å². The lowest BCUT2D eigenvalue weighted by Gasteiger charge is -2.10. The van der Waals surface area contributed by atoms with Crippen LogP contribution in [0.5, 0.6) is 0 Å². The van der Waals surface area contributed by atoms with Gasteiger partial charge in [0.2, 0.25) is 5.16 Å². The molecule has 0 fully saturated rings. The van der Waals surface area contributed by atoms with Crippen LogP contribution in [0.1, 0.15) is 27.3 Å². The Labute approximate surface area is 181 Å². The summed E-state index contributed by atoms with van der Waals surface area (Å²) in [4.78, 5) is 26.2. The summed E-state index contributed by atoms with van der Waals surface area (Å²) in [6.45, 7) is 3.91. The fraction of sp³-hybridized carbons (Fsp3) is 0.143. The number of thioether (sulfide) groups is 1. The topological polar surface area (TPSA) is 102 Å². The molecule has 0 aliphatic rings. The Morgan fingerprint density at radius 2 is 1.94 bits per heavy atom. The summed E-state index contributed by atoms with van der Waals surface area (Å²) in [5, 5.41) is 12.3. The van der Waals surface area contributed by atoms with Crippen molar-refractivity contribution in [3.8, 4) is 0 Å². The fourth-order valence-electron chi connectivity index (χ4n) is 3.33. The number of aryl methyl sites for hydroxylation is 2. The van der Waals surface area contributed by atoms with Gasteiger partial charge in [-0.15, -0.1) is 5.10 Å². The number of amides is 1. The summed E-state index contributed by atoms with van der Waals surface area (Å²) in [6.07, 6.45) is 3.28. The van der Waals surface area contributed by atoms with E-state index in [0.29, 0.717) is 33.7 Å². The quantitative estimate of drug-likeness (QED) is 0.427. The highest BCUT2D eigenvalue weighted by Crippen LogP contribution is 2.23. The van der Waals surface area contributed by atoms with E-state index in [1.165, 1.54) is 11.8 Å². The molecule has 0 aliphatic heterocycles. The fourth-order valence-corrected chi connectivity index (χ4v) is 4.15. The van der Waals surface area contributed by atoms with Crippen LogP contribution in [0.15, 0.2) is 60.0 Å². The van der Waals surface area contributed by atoms with Gasteiger partial charge in [0.25, 0.3) is 11.7 Å². The molecule has 0 bridgehead atoms. The monoisotopic (exact) mass is 430 g/mol. The molecule has 0 unspecified atom stereocenters. The number of nitrogens with zero attached hydrogens (tertiary/aromatic N) is 7. The molecule has 4 heterocycles. The van der Waals surface area contributed by atoms with Crippen LogP contribution in [0.25, 0.3) is 11.4 Å². The number of carbonyl (C=O) groups is 1. The zero-order valence-corrected chi connectivity index (χ0v) is 17.7. The lowest BCUT2D eigenvalue weighted by Crippen LogP contribution is -2.16. The molecule has 154 valence electrons. The molecule has 0 saturated carbocycles. The third-order valence-corrected chi connectivity index (χ3v) is 5.64. The van der Waals surface area contributed by atoms with Gasteiger partial charge in [-0.25, -0.2) is 14.5 Å². The SMILES string of the molecule is Cc1cc(C)n2nc(SCc3ccccc3C(=O)Nc3ccnc4ccnn34)nc2n1. The minimum absolute atomic E-state index is 0.213. The second-order valence-corrected chi connectivity index (χ2v) is 7.92. The van der Waals surface area contributed by atoms with E-state index in [2.05, 4.69) is 30.5 Å². The van der Waals surface area contributed by atoms with Gasteiger partial charge in [-0.2, -0.15) is 14.6 Å². The summed E-state index contributed by atoms with van der Waals surface area (Å²) < 4.78 is 3.32. The molecule has 0 saturated heterocycles. The highest BCUT2D eigenvalue weighted by Gasteiger charge is 2.15. The van der Waals surface area contributed by atoms with Gasteiger partial charge in [-0.1, -0.05) is 30.0 Å². The van der Waals surface area contributed by atoms with Crippen molar-refractivity contribution in [2.75, 3.05) is 5.32 Å². The summed E-state index contributed by atoms with van der Waals surface area (Å²) >= 11 is 1.47.